The number of hydrogen-bond donors (Lipinski definition) is 4. The molecule has 0 saturated heterocycles. The van der Waals surface area contributed by atoms with E-state index in [9.17, 15) is 4.79 Å². The number of nitrogens with zero attached hydrogens (tertiary/aromatic N) is 4. The van der Waals surface area contributed by atoms with Crippen LogP contribution in [0.25, 0.3) is 182 Å². The predicted octanol–water partition coefficient (Wildman–Crippen LogP) is 24.2. The lowest BCUT2D eigenvalue weighted by atomic mass is 10.0. The quantitative estimate of drug-likeness (QED) is 0.0951. The summed E-state index contributed by atoms with van der Waals surface area (Å²) in [6, 6.07) is 85.0. The number of aromatic nitrogens is 8. The summed E-state index contributed by atoms with van der Waals surface area (Å²) in [5.74, 6) is -0.440. The van der Waals surface area contributed by atoms with Gasteiger partial charge in [-0.15, -0.1) is 0 Å². The highest BCUT2D eigenvalue weighted by Crippen LogP contribution is 2.43. The Bertz CT molecular complexity index is 6290. The summed E-state index contributed by atoms with van der Waals surface area (Å²) < 4.78 is 6.19. The van der Waals surface area contributed by atoms with Crippen molar-refractivity contribution in [1.82, 2.24) is 39.9 Å². The summed E-state index contributed by atoms with van der Waals surface area (Å²) in [5.41, 5.74) is 37.9. The van der Waals surface area contributed by atoms with Crippen molar-refractivity contribution in [3.63, 3.8) is 0 Å². The Morgan fingerprint density at radius 2 is 0.406 bits per heavy atom. The van der Waals surface area contributed by atoms with E-state index in [1.165, 1.54) is 33.4 Å². The Morgan fingerprint density at radius 3 is 0.594 bits per heavy atom. The maximum Gasteiger partial charge on any atom is 0.338 e. The molecule has 4 aliphatic heterocycles. The van der Waals surface area contributed by atoms with Gasteiger partial charge in [0.2, 0.25) is 0 Å². The summed E-state index contributed by atoms with van der Waals surface area (Å²) in [7, 11) is 0. The molecule has 18 rings (SSSR count). The van der Waals surface area contributed by atoms with Crippen LogP contribution in [0.15, 0.2) is 243 Å². The summed E-state index contributed by atoms with van der Waals surface area (Å²) in [5, 5.41) is 0. The number of nitrogens with one attached hydrogen (secondary N) is 4. The molecule has 0 spiro atoms. The minimum atomic E-state index is -0.440. The van der Waals surface area contributed by atoms with Gasteiger partial charge in [-0.05, 0) is 201 Å². The van der Waals surface area contributed by atoms with E-state index in [0.717, 1.165) is 184 Å². The Morgan fingerprint density at radius 1 is 0.236 bits per heavy atom. The van der Waals surface area contributed by atoms with E-state index in [-0.39, 0.29) is 6.61 Å². The highest BCUT2D eigenvalue weighted by atomic mass is 16.5. The van der Waals surface area contributed by atoms with Crippen molar-refractivity contribution in [3.05, 3.63) is 333 Å². The molecule has 0 amide bonds. The first kappa shape index (κ1) is 64.5. The van der Waals surface area contributed by atoms with E-state index < -0.39 is 5.97 Å². The van der Waals surface area contributed by atoms with E-state index in [1.807, 2.05) is 36.4 Å². The molecule has 106 heavy (non-hydrogen) atoms. The lowest BCUT2D eigenvalue weighted by Crippen LogP contribution is -2.05. The van der Waals surface area contributed by atoms with E-state index in [1.54, 1.807) is 0 Å². The first-order valence-corrected chi connectivity index (χ1v) is 35.9. The second-order valence-electron chi connectivity index (χ2n) is 28.1. The van der Waals surface area contributed by atoms with E-state index in [2.05, 4.69) is 316 Å². The highest BCUT2D eigenvalue weighted by Gasteiger charge is 2.23. The number of rotatable bonds is 11. The molecule has 0 atom stereocenters. The van der Waals surface area contributed by atoms with Gasteiger partial charge in [-0.1, -0.05) is 215 Å². The van der Waals surface area contributed by atoms with Gasteiger partial charge in [-0.3, -0.25) is 0 Å². The number of carbonyl (C=O) groups excluding carboxylic acids is 1. The third kappa shape index (κ3) is 12.2. The molecule has 16 bridgehead atoms. The summed E-state index contributed by atoms with van der Waals surface area (Å²) in [6.07, 6.45) is 17.0. The third-order valence-electron chi connectivity index (χ3n) is 20.6. The van der Waals surface area contributed by atoms with Crippen LogP contribution in [0.1, 0.15) is 94.9 Å². The molecule has 0 unspecified atom stereocenters. The molecule has 0 aliphatic carbocycles. The van der Waals surface area contributed by atoms with Crippen molar-refractivity contribution in [1.29, 1.82) is 0 Å². The van der Waals surface area contributed by atoms with Crippen molar-refractivity contribution >= 4 is 98.7 Å². The van der Waals surface area contributed by atoms with Gasteiger partial charge in [0, 0.05) is 88.6 Å². The smallest absolute Gasteiger partial charge is 0.338 e. The van der Waals surface area contributed by atoms with Gasteiger partial charge in [0.15, 0.2) is 0 Å². The Hall–Kier alpha value is -13.6. The van der Waals surface area contributed by atoms with E-state index >= 15 is 0 Å². The molecule has 6 aromatic heterocycles. The van der Waals surface area contributed by atoms with Crippen molar-refractivity contribution < 1.29 is 9.53 Å². The lowest BCUT2D eigenvalue weighted by Gasteiger charge is -2.09. The Labute approximate surface area is 614 Å². The fraction of sp³-hybridized carbons (Fsp3) is 0.0729. The zero-order chi connectivity index (χ0) is 71.7. The molecule has 8 aromatic carbocycles. The van der Waals surface area contributed by atoms with Gasteiger partial charge in [-0.2, -0.15) is 0 Å². The van der Waals surface area contributed by atoms with Crippen molar-refractivity contribution in [2.75, 3.05) is 0 Å². The number of aromatic amines is 4. The summed E-state index contributed by atoms with van der Waals surface area (Å²) >= 11 is 0. The van der Waals surface area contributed by atoms with Gasteiger partial charge in [0.1, 0.15) is 6.61 Å². The maximum absolute atomic E-state index is 14.4. The van der Waals surface area contributed by atoms with Crippen molar-refractivity contribution in [3.8, 4) is 89.0 Å². The zero-order valence-corrected chi connectivity index (χ0v) is 59.5. The van der Waals surface area contributed by atoms with Crippen LogP contribution in [0, 0.1) is 41.5 Å². The van der Waals surface area contributed by atoms with Crippen LogP contribution in [0.2, 0.25) is 0 Å². The zero-order valence-electron chi connectivity index (χ0n) is 59.5. The van der Waals surface area contributed by atoms with Gasteiger partial charge in [0.25, 0.3) is 0 Å². The number of esters is 1. The minimum Gasteiger partial charge on any atom is -0.457 e. The Balaban J connectivity index is 0.722. The van der Waals surface area contributed by atoms with Crippen LogP contribution in [0.3, 0.4) is 0 Å². The fourth-order valence-corrected chi connectivity index (χ4v) is 14.9. The second-order valence-corrected chi connectivity index (χ2v) is 28.1. The molecular formula is C96H72N8O2. The molecule has 10 heterocycles. The summed E-state index contributed by atoms with van der Waals surface area (Å²) in [4.78, 5) is 52.0. The van der Waals surface area contributed by atoms with Gasteiger partial charge < -0.3 is 24.7 Å². The normalized spacial score (nSPS) is 12.2. The average Bonchev–Trinajstić information content (AvgIpc) is 1.62. The van der Waals surface area contributed by atoms with Crippen LogP contribution < -0.4 is 0 Å². The maximum atomic E-state index is 14.4. The number of ether oxygens (including phenoxy) is 1. The van der Waals surface area contributed by atoms with Crippen LogP contribution in [-0.2, 0) is 11.3 Å². The molecular weight excluding hydrogens is 1300 g/mol. The van der Waals surface area contributed by atoms with Crippen molar-refractivity contribution in [2.24, 2.45) is 0 Å². The first-order valence-electron chi connectivity index (χ1n) is 35.9. The van der Waals surface area contributed by atoms with Crippen LogP contribution in [-0.4, -0.2) is 45.8 Å². The monoisotopic (exact) mass is 1370 g/mol. The molecule has 10 heteroatoms. The summed E-state index contributed by atoms with van der Waals surface area (Å²) in [6.45, 7) is 12.7. The number of aryl methyl sites for hydroxylation is 6. The highest BCUT2D eigenvalue weighted by molar-refractivity contribution is 6.03. The van der Waals surface area contributed by atoms with Crippen molar-refractivity contribution in [2.45, 2.75) is 48.1 Å². The molecule has 0 saturated carbocycles. The van der Waals surface area contributed by atoms with Gasteiger partial charge in [0.05, 0.1) is 51.1 Å². The number of H-pyrrole nitrogens is 4. The molecule has 4 N–H and O–H groups in total. The fourth-order valence-electron chi connectivity index (χ4n) is 14.9. The third-order valence-corrected chi connectivity index (χ3v) is 20.6. The molecule has 0 fully saturated rings. The number of fused-ring (bicyclic) bond motifs is 16. The molecule has 4 aliphatic rings. The predicted molar refractivity (Wildman–Crippen MR) is 439 cm³/mol. The molecule has 10 nitrogen and oxygen atoms in total. The average molecular weight is 1370 g/mol. The van der Waals surface area contributed by atoms with Crippen LogP contribution in [0.5, 0.6) is 0 Å². The first-order chi connectivity index (χ1) is 51.8. The molecule has 14 aromatic rings. The van der Waals surface area contributed by atoms with Crippen LogP contribution >= 0.6 is 0 Å². The molecule has 508 valence electrons. The van der Waals surface area contributed by atoms with E-state index in [4.69, 9.17) is 24.7 Å². The lowest BCUT2D eigenvalue weighted by molar-refractivity contribution is 0.0472. The standard InChI is InChI=1S/C96H72N8O2/c1-56-7-21-63(22-8-56)88-72-39-43-76(97-72)90(65-25-11-58(3)12-26-65)80-47-51-84(101-80)94(85-52-48-81(102-85)91(77-44-40-73(88)98-77)66-27-13-59(4)14-28-66)69-33-19-62(20-34-69)55-106-96(105)71-37-35-70(36-38-71)95-86-53-49-82(103-86)92(67-29-15-60(5)16-30-67)78-45-41-74(99-78)89(64-23-9-57(2)10-24-64)75-42-46-79(100-75)93(83-50-54-87(95)104-83)68-31-17-61(6)18-32-68/h7-54,97,99,102,104H,55H2,1-6H3. The SMILES string of the molecule is Cc1ccc(-c2c3nc(c(-c4ccc(C)cc4)c4ccc([nH]4)c(-c4ccc(COC(=O)c5ccc(-c6c7nc(c(-c8ccc(C)cc8)c8ccc([nH]8)c(-c8ccc(C)cc8)c8nc(c(-c9ccc(C)cc9)c9ccc6[nH]9)C=C8)C=C7)cc5)cc4)c4nc(c(-c5ccc(C)cc5)c5ccc2[nH]5)C=C4)C=C3)cc1. The van der Waals surface area contributed by atoms with E-state index in [0.29, 0.717) is 5.56 Å². The van der Waals surface area contributed by atoms with Gasteiger partial charge >= 0.3 is 5.97 Å². The largest absolute Gasteiger partial charge is 0.457 e. The number of hydrogen-bond acceptors (Lipinski definition) is 6. The molecule has 0 radical (unpaired) electrons. The second kappa shape index (κ2) is 26.7. The Kier molecular flexibility index (Phi) is 16.2. The topological polar surface area (TPSA) is 141 Å². The number of benzene rings is 8. The number of carbonyl (C=O) groups is 1. The minimum absolute atomic E-state index is 0.0526. The van der Waals surface area contributed by atoms with Gasteiger partial charge in [-0.25, -0.2) is 24.7 Å². The van der Waals surface area contributed by atoms with Crippen LogP contribution in [0.4, 0.5) is 0 Å².